The number of non-ortho nitro benzene ring substituents is 1. The molecule has 0 radical (unpaired) electrons. The fraction of sp³-hybridized carbons (Fsp3) is 0.611. The van der Waals surface area contributed by atoms with Crippen LogP contribution in [0.2, 0.25) is 0 Å². The molecule has 2 N–H and O–H groups in total. The number of nitro benzene ring substituents is 1. The van der Waals surface area contributed by atoms with Crippen LogP contribution in [0.1, 0.15) is 19.3 Å². The number of ether oxygens (including phenoxy) is 1. The summed E-state index contributed by atoms with van der Waals surface area (Å²) in [6.45, 7) is 4.15. The van der Waals surface area contributed by atoms with Crippen LogP contribution in [-0.4, -0.2) is 62.7 Å². The molecule has 0 aliphatic carbocycles. The van der Waals surface area contributed by atoms with Crippen molar-refractivity contribution in [3.05, 3.63) is 34.4 Å². The van der Waals surface area contributed by atoms with E-state index in [1.807, 2.05) is 0 Å². The minimum Gasteiger partial charge on any atom is -0.383 e. The zero-order valence-corrected chi connectivity index (χ0v) is 18.3. The normalized spacial score (nSPS) is 15.0. The van der Waals surface area contributed by atoms with E-state index in [0.29, 0.717) is 13.1 Å². The first-order valence-corrected chi connectivity index (χ1v) is 9.08. The molecule has 2 rings (SSSR count). The first-order chi connectivity index (χ1) is 12.6. The minimum atomic E-state index is -0.397. The van der Waals surface area contributed by atoms with E-state index < -0.39 is 4.92 Å². The molecule has 0 aromatic heterocycles. The second kappa shape index (κ2) is 12.7. The average molecular weight is 491 g/mol. The van der Waals surface area contributed by atoms with Gasteiger partial charge in [-0.25, -0.2) is 0 Å². The lowest BCUT2D eigenvalue weighted by Crippen LogP contribution is -2.41. The largest absolute Gasteiger partial charge is 0.383 e. The third kappa shape index (κ3) is 8.29. The molecule has 0 bridgehead atoms. The van der Waals surface area contributed by atoms with Gasteiger partial charge in [0.25, 0.3) is 5.69 Å². The van der Waals surface area contributed by atoms with Gasteiger partial charge in [0.2, 0.25) is 0 Å². The van der Waals surface area contributed by atoms with Gasteiger partial charge in [-0.1, -0.05) is 0 Å². The smallest absolute Gasteiger partial charge is 0.269 e. The van der Waals surface area contributed by atoms with Gasteiger partial charge in [-0.05, 0) is 37.3 Å². The summed E-state index contributed by atoms with van der Waals surface area (Å²) >= 11 is 0. The molecule has 8 nitrogen and oxygen atoms in total. The Kier molecular flexibility index (Phi) is 11.0. The second-order valence-electron chi connectivity index (χ2n) is 6.47. The lowest BCUT2D eigenvalue weighted by molar-refractivity contribution is -0.384. The van der Waals surface area contributed by atoms with Gasteiger partial charge < -0.3 is 20.3 Å². The van der Waals surface area contributed by atoms with Gasteiger partial charge >= 0.3 is 0 Å². The van der Waals surface area contributed by atoms with Gasteiger partial charge in [-0.2, -0.15) is 0 Å². The molecule has 9 heteroatoms. The molecular weight excluding hydrogens is 461 g/mol. The van der Waals surface area contributed by atoms with Crippen LogP contribution in [0.15, 0.2) is 29.3 Å². The van der Waals surface area contributed by atoms with Crippen molar-refractivity contribution in [3.63, 3.8) is 0 Å². The highest BCUT2D eigenvalue weighted by molar-refractivity contribution is 14.0. The van der Waals surface area contributed by atoms with Crippen molar-refractivity contribution >= 4 is 41.3 Å². The van der Waals surface area contributed by atoms with E-state index in [1.54, 1.807) is 19.2 Å². The van der Waals surface area contributed by atoms with E-state index in [1.165, 1.54) is 12.1 Å². The van der Waals surface area contributed by atoms with Gasteiger partial charge in [0.1, 0.15) is 0 Å². The van der Waals surface area contributed by atoms with Gasteiger partial charge in [0.05, 0.1) is 4.92 Å². The average Bonchev–Trinajstić information content (AvgIpc) is 2.67. The van der Waals surface area contributed by atoms with E-state index in [4.69, 9.17) is 4.74 Å². The summed E-state index contributed by atoms with van der Waals surface area (Å²) < 4.78 is 5.41. The van der Waals surface area contributed by atoms with Crippen molar-refractivity contribution in [1.82, 2.24) is 10.2 Å². The summed E-state index contributed by atoms with van der Waals surface area (Å²) in [5.41, 5.74) is 0.959. The summed E-state index contributed by atoms with van der Waals surface area (Å²) in [5.74, 6) is 1.62. The predicted molar refractivity (Wildman–Crippen MR) is 119 cm³/mol. The molecule has 1 saturated heterocycles. The van der Waals surface area contributed by atoms with Gasteiger partial charge in [-0.15, -0.1) is 24.0 Å². The highest BCUT2D eigenvalue weighted by atomic mass is 127. The van der Waals surface area contributed by atoms with Crippen LogP contribution < -0.4 is 10.6 Å². The number of nitrogens with one attached hydrogen (secondary N) is 2. The Morgan fingerprint density at radius 1 is 1.30 bits per heavy atom. The monoisotopic (exact) mass is 491 g/mol. The maximum Gasteiger partial charge on any atom is 0.269 e. The van der Waals surface area contributed by atoms with E-state index in [9.17, 15) is 10.1 Å². The Labute approximate surface area is 177 Å². The van der Waals surface area contributed by atoms with Crippen molar-refractivity contribution in [3.8, 4) is 0 Å². The Morgan fingerprint density at radius 2 is 1.96 bits per heavy atom. The Morgan fingerprint density at radius 3 is 2.56 bits per heavy atom. The van der Waals surface area contributed by atoms with Crippen LogP contribution in [-0.2, 0) is 4.74 Å². The van der Waals surface area contributed by atoms with Crippen LogP contribution >= 0.6 is 24.0 Å². The molecule has 1 aromatic carbocycles. The lowest BCUT2D eigenvalue weighted by Gasteiger charge is -2.26. The fourth-order valence-electron chi connectivity index (χ4n) is 2.98. The van der Waals surface area contributed by atoms with Crippen molar-refractivity contribution in [1.29, 1.82) is 0 Å². The van der Waals surface area contributed by atoms with Crippen LogP contribution in [0, 0.1) is 16.0 Å². The zero-order chi connectivity index (χ0) is 18.8. The summed E-state index contributed by atoms with van der Waals surface area (Å²) in [6.07, 6.45) is 3.46. The van der Waals surface area contributed by atoms with Crippen molar-refractivity contribution in [2.45, 2.75) is 19.3 Å². The van der Waals surface area contributed by atoms with E-state index >= 15 is 0 Å². The number of hydrogen-bond donors (Lipinski definition) is 2. The van der Waals surface area contributed by atoms with E-state index in [-0.39, 0.29) is 29.7 Å². The number of nitrogens with zero attached hydrogens (tertiary/aromatic N) is 3. The number of halogens is 1. The third-order valence-electron chi connectivity index (χ3n) is 4.60. The molecule has 1 heterocycles. The molecule has 0 unspecified atom stereocenters. The number of guanidine groups is 1. The van der Waals surface area contributed by atoms with Crippen molar-refractivity contribution in [2.24, 2.45) is 10.9 Å². The second-order valence-corrected chi connectivity index (χ2v) is 6.47. The number of rotatable bonds is 8. The Bertz CT molecular complexity index is 591. The van der Waals surface area contributed by atoms with Crippen molar-refractivity contribution < 1.29 is 9.66 Å². The maximum absolute atomic E-state index is 10.6. The molecule has 1 aromatic rings. The SMILES string of the molecule is CN=C(NCCNc1ccc([N+](=O)[O-])cc1)N(C)CCC1CCOCC1.I. The molecule has 0 spiro atoms. The van der Waals surface area contributed by atoms with Crippen molar-refractivity contribution in [2.75, 3.05) is 52.3 Å². The number of anilines is 1. The first kappa shape index (κ1) is 23.4. The van der Waals surface area contributed by atoms with Crippen LogP contribution in [0.25, 0.3) is 0 Å². The van der Waals surface area contributed by atoms with Gasteiger partial charge in [0, 0.05) is 64.8 Å². The quantitative estimate of drug-likeness (QED) is 0.145. The zero-order valence-electron chi connectivity index (χ0n) is 16.0. The van der Waals surface area contributed by atoms with E-state index in [2.05, 4.69) is 27.6 Å². The molecule has 27 heavy (non-hydrogen) atoms. The number of hydrogen-bond acceptors (Lipinski definition) is 5. The molecule has 0 saturated carbocycles. The highest BCUT2D eigenvalue weighted by Crippen LogP contribution is 2.18. The predicted octanol–water partition coefficient (Wildman–Crippen LogP) is 2.95. The first-order valence-electron chi connectivity index (χ1n) is 9.08. The number of nitro groups is 1. The van der Waals surface area contributed by atoms with Crippen LogP contribution in [0.4, 0.5) is 11.4 Å². The number of aliphatic imine (C=N–C) groups is 1. The summed E-state index contributed by atoms with van der Waals surface area (Å²) in [6, 6.07) is 6.43. The minimum absolute atomic E-state index is 0. The highest BCUT2D eigenvalue weighted by Gasteiger charge is 2.15. The van der Waals surface area contributed by atoms with Crippen LogP contribution in [0.3, 0.4) is 0 Å². The standard InChI is InChI=1S/C18H29N5O3.HI/c1-19-18(22(2)12-7-15-8-13-26-14-9-15)21-11-10-20-16-3-5-17(6-4-16)23(24)25;/h3-6,15,20H,7-14H2,1-2H3,(H,19,21);1H. The number of benzene rings is 1. The summed E-state index contributed by atoms with van der Waals surface area (Å²) in [4.78, 5) is 16.7. The Hall–Kier alpha value is -1.62. The maximum atomic E-state index is 10.6. The molecule has 152 valence electrons. The van der Waals surface area contributed by atoms with E-state index in [0.717, 1.165) is 56.6 Å². The summed E-state index contributed by atoms with van der Waals surface area (Å²) in [5, 5.41) is 17.2. The summed E-state index contributed by atoms with van der Waals surface area (Å²) in [7, 11) is 3.84. The molecule has 1 aliphatic heterocycles. The molecular formula is C18H30IN5O3. The molecule has 0 atom stereocenters. The molecule has 1 aliphatic rings. The molecule has 1 fully saturated rings. The molecule has 0 amide bonds. The van der Waals surface area contributed by atoms with Gasteiger partial charge in [-0.3, -0.25) is 15.1 Å². The van der Waals surface area contributed by atoms with Gasteiger partial charge in [0.15, 0.2) is 5.96 Å². The topological polar surface area (TPSA) is 92.0 Å². The van der Waals surface area contributed by atoms with Crippen LogP contribution in [0.5, 0.6) is 0 Å². The third-order valence-corrected chi connectivity index (χ3v) is 4.60. The fourth-order valence-corrected chi connectivity index (χ4v) is 2.98. The lowest BCUT2D eigenvalue weighted by atomic mass is 9.96. The Balaban J connectivity index is 0.00000364.